The van der Waals surface area contributed by atoms with Crippen LogP contribution in [0.4, 0.5) is 0 Å². The molecular formula is C16H15BrClNO2. The fourth-order valence-electron chi connectivity index (χ4n) is 1.72. The number of amides is 1. The van der Waals surface area contributed by atoms with E-state index in [1.165, 1.54) is 0 Å². The number of carbonyl (C=O) groups is 1. The molecule has 0 spiro atoms. The van der Waals surface area contributed by atoms with Crippen molar-refractivity contribution in [3.63, 3.8) is 0 Å². The fraction of sp³-hybridized carbons (Fsp3) is 0.188. The summed E-state index contributed by atoms with van der Waals surface area (Å²) in [5, 5.41) is 3.43. The highest BCUT2D eigenvalue weighted by molar-refractivity contribution is 9.10. The molecule has 0 aliphatic rings. The maximum atomic E-state index is 11.9. The van der Waals surface area contributed by atoms with Gasteiger partial charge in [0, 0.05) is 16.6 Å². The Balaban J connectivity index is 1.71. The molecule has 2 aromatic rings. The molecule has 1 N–H and O–H groups in total. The van der Waals surface area contributed by atoms with Crippen LogP contribution in [0.1, 0.15) is 16.8 Å². The number of rotatable bonds is 6. The fourth-order valence-corrected chi connectivity index (χ4v) is 2.22. The van der Waals surface area contributed by atoms with Crippen molar-refractivity contribution in [2.75, 3.05) is 13.2 Å². The molecule has 21 heavy (non-hydrogen) atoms. The highest BCUT2D eigenvalue weighted by atomic mass is 79.9. The first kappa shape index (κ1) is 15.9. The average Bonchev–Trinajstić information content (AvgIpc) is 2.50. The molecular weight excluding hydrogens is 354 g/mol. The van der Waals surface area contributed by atoms with Crippen LogP contribution in [-0.4, -0.2) is 19.1 Å². The quantitative estimate of drug-likeness (QED) is 0.772. The summed E-state index contributed by atoms with van der Waals surface area (Å²) < 4.78 is 6.26. The molecule has 0 aliphatic carbocycles. The van der Waals surface area contributed by atoms with E-state index in [-0.39, 0.29) is 5.91 Å². The monoisotopic (exact) mass is 367 g/mol. The SMILES string of the molecule is O=C(NCCCOc1ccccc1)c1ccc(Cl)c(Br)c1. The predicted octanol–water partition coefficient (Wildman–Crippen LogP) is 4.30. The summed E-state index contributed by atoms with van der Waals surface area (Å²) in [5.74, 6) is 0.720. The topological polar surface area (TPSA) is 38.3 Å². The first-order chi connectivity index (χ1) is 10.2. The minimum absolute atomic E-state index is 0.118. The zero-order valence-electron chi connectivity index (χ0n) is 11.3. The zero-order chi connectivity index (χ0) is 15.1. The van der Waals surface area contributed by atoms with Crippen molar-refractivity contribution in [3.8, 4) is 5.75 Å². The summed E-state index contributed by atoms with van der Waals surface area (Å²) in [7, 11) is 0. The first-order valence-electron chi connectivity index (χ1n) is 6.58. The van der Waals surface area contributed by atoms with E-state index in [1.807, 2.05) is 30.3 Å². The molecule has 0 saturated carbocycles. The summed E-state index contributed by atoms with van der Waals surface area (Å²) in [4.78, 5) is 11.9. The summed E-state index contributed by atoms with van der Waals surface area (Å²) >= 11 is 9.20. The average molecular weight is 369 g/mol. The lowest BCUT2D eigenvalue weighted by Crippen LogP contribution is -2.25. The second kappa shape index (κ2) is 8.05. The van der Waals surface area contributed by atoms with Gasteiger partial charge in [-0.2, -0.15) is 0 Å². The number of carbonyl (C=O) groups excluding carboxylic acids is 1. The smallest absolute Gasteiger partial charge is 0.251 e. The standard InChI is InChI=1S/C16H15BrClNO2/c17-14-11-12(7-8-15(14)18)16(20)19-9-4-10-21-13-5-2-1-3-6-13/h1-3,5-8,11H,4,9-10H2,(H,19,20). The summed E-state index contributed by atoms with van der Waals surface area (Å²) in [6, 6.07) is 14.7. The van der Waals surface area contributed by atoms with Gasteiger partial charge in [-0.25, -0.2) is 0 Å². The van der Waals surface area contributed by atoms with Gasteiger partial charge in [-0.1, -0.05) is 29.8 Å². The van der Waals surface area contributed by atoms with Crippen LogP contribution in [-0.2, 0) is 0 Å². The van der Waals surface area contributed by atoms with Crippen LogP contribution < -0.4 is 10.1 Å². The van der Waals surface area contributed by atoms with Gasteiger partial charge < -0.3 is 10.1 Å². The third kappa shape index (κ3) is 5.06. The molecule has 2 aromatic carbocycles. The van der Waals surface area contributed by atoms with Crippen molar-refractivity contribution in [2.24, 2.45) is 0 Å². The van der Waals surface area contributed by atoms with Gasteiger partial charge in [0.2, 0.25) is 0 Å². The van der Waals surface area contributed by atoms with E-state index in [4.69, 9.17) is 16.3 Å². The van der Waals surface area contributed by atoms with E-state index < -0.39 is 0 Å². The number of para-hydroxylation sites is 1. The van der Waals surface area contributed by atoms with Crippen LogP contribution in [0.5, 0.6) is 5.75 Å². The van der Waals surface area contributed by atoms with Crippen LogP contribution in [0.25, 0.3) is 0 Å². The van der Waals surface area contributed by atoms with Gasteiger partial charge in [0.1, 0.15) is 5.75 Å². The maximum absolute atomic E-state index is 11.9. The lowest BCUT2D eigenvalue weighted by Gasteiger charge is -2.08. The molecule has 0 atom stereocenters. The van der Waals surface area contributed by atoms with Crippen molar-refractivity contribution in [1.82, 2.24) is 5.32 Å². The summed E-state index contributed by atoms with van der Waals surface area (Å²) in [6.45, 7) is 1.13. The van der Waals surface area contributed by atoms with E-state index in [9.17, 15) is 4.79 Å². The van der Waals surface area contributed by atoms with Gasteiger partial charge in [0.25, 0.3) is 5.91 Å². The molecule has 0 unspecified atom stereocenters. The Labute approximate surface area is 137 Å². The molecule has 5 heteroatoms. The Morgan fingerprint density at radius 3 is 2.67 bits per heavy atom. The van der Waals surface area contributed by atoms with Gasteiger partial charge >= 0.3 is 0 Å². The Kier molecular flexibility index (Phi) is 6.08. The number of hydrogen-bond donors (Lipinski definition) is 1. The molecule has 0 aliphatic heterocycles. The van der Waals surface area contributed by atoms with Crippen molar-refractivity contribution in [1.29, 1.82) is 0 Å². The second-order valence-corrected chi connectivity index (χ2v) is 5.66. The highest BCUT2D eigenvalue weighted by Crippen LogP contribution is 2.23. The van der Waals surface area contributed by atoms with Gasteiger partial charge in [0.05, 0.1) is 11.6 Å². The molecule has 110 valence electrons. The van der Waals surface area contributed by atoms with Gasteiger partial charge in [-0.3, -0.25) is 4.79 Å². The van der Waals surface area contributed by atoms with E-state index in [2.05, 4.69) is 21.2 Å². The lowest BCUT2D eigenvalue weighted by atomic mass is 10.2. The lowest BCUT2D eigenvalue weighted by molar-refractivity contribution is 0.0951. The Morgan fingerprint density at radius 2 is 1.95 bits per heavy atom. The van der Waals surface area contributed by atoms with Crippen molar-refractivity contribution >= 4 is 33.4 Å². The van der Waals surface area contributed by atoms with Crippen molar-refractivity contribution in [2.45, 2.75) is 6.42 Å². The first-order valence-corrected chi connectivity index (χ1v) is 7.75. The minimum Gasteiger partial charge on any atom is -0.494 e. The molecule has 1 amide bonds. The molecule has 0 saturated heterocycles. The third-order valence-electron chi connectivity index (χ3n) is 2.80. The largest absolute Gasteiger partial charge is 0.494 e. The van der Waals surface area contributed by atoms with E-state index in [0.717, 1.165) is 12.2 Å². The van der Waals surface area contributed by atoms with E-state index >= 15 is 0 Å². The summed E-state index contributed by atoms with van der Waals surface area (Å²) in [5.41, 5.74) is 0.579. The van der Waals surface area contributed by atoms with Crippen LogP contribution >= 0.6 is 27.5 Å². The normalized spacial score (nSPS) is 10.2. The maximum Gasteiger partial charge on any atom is 0.251 e. The molecule has 0 radical (unpaired) electrons. The van der Waals surface area contributed by atoms with Gasteiger partial charge in [-0.15, -0.1) is 0 Å². The van der Waals surface area contributed by atoms with Crippen LogP contribution in [0, 0.1) is 0 Å². The van der Waals surface area contributed by atoms with Gasteiger partial charge in [-0.05, 0) is 52.7 Å². The van der Waals surface area contributed by atoms with Crippen molar-refractivity contribution in [3.05, 3.63) is 63.6 Å². The molecule has 0 bridgehead atoms. The predicted molar refractivity (Wildman–Crippen MR) is 88.0 cm³/mol. The molecule has 0 fully saturated rings. The Morgan fingerprint density at radius 1 is 1.19 bits per heavy atom. The molecule has 3 nitrogen and oxygen atoms in total. The highest BCUT2D eigenvalue weighted by Gasteiger charge is 2.07. The number of hydrogen-bond acceptors (Lipinski definition) is 2. The second-order valence-electron chi connectivity index (χ2n) is 4.40. The van der Waals surface area contributed by atoms with E-state index in [0.29, 0.717) is 28.2 Å². The van der Waals surface area contributed by atoms with E-state index in [1.54, 1.807) is 18.2 Å². The van der Waals surface area contributed by atoms with Gasteiger partial charge in [0.15, 0.2) is 0 Å². The molecule has 2 rings (SSSR count). The third-order valence-corrected chi connectivity index (χ3v) is 4.01. The Hall–Kier alpha value is -1.52. The van der Waals surface area contributed by atoms with Crippen LogP contribution in [0.3, 0.4) is 0 Å². The number of ether oxygens (including phenoxy) is 1. The van der Waals surface area contributed by atoms with Crippen LogP contribution in [0.2, 0.25) is 5.02 Å². The zero-order valence-corrected chi connectivity index (χ0v) is 13.7. The van der Waals surface area contributed by atoms with Crippen molar-refractivity contribution < 1.29 is 9.53 Å². The molecule has 0 aromatic heterocycles. The van der Waals surface area contributed by atoms with Crippen LogP contribution in [0.15, 0.2) is 53.0 Å². The summed E-state index contributed by atoms with van der Waals surface area (Å²) in [6.07, 6.45) is 0.745. The molecule has 0 heterocycles. The number of halogens is 2. The number of benzene rings is 2. The Bertz CT molecular complexity index is 604. The minimum atomic E-state index is -0.118. The number of nitrogens with one attached hydrogen (secondary N) is 1.